The van der Waals surface area contributed by atoms with Gasteiger partial charge in [0.15, 0.2) is 0 Å². The van der Waals surface area contributed by atoms with Gasteiger partial charge in [0.1, 0.15) is 12.4 Å². The molecule has 0 aliphatic carbocycles. The van der Waals surface area contributed by atoms with Gasteiger partial charge in [0.05, 0.1) is 12.2 Å². The molecule has 1 aliphatic heterocycles. The van der Waals surface area contributed by atoms with Crippen molar-refractivity contribution in [3.05, 3.63) is 87.3 Å². The second-order valence-corrected chi connectivity index (χ2v) is 6.96. The molecule has 29 heavy (non-hydrogen) atoms. The van der Waals surface area contributed by atoms with Crippen LogP contribution < -0.4 is 11.3 Å². The summed E-state index contributed by atoms with van der Waals surface area (Å²) in [6.45, 7) is 1.29. The van der Waals surface area contributed by atoms with Crippen LogP contribution in [0.3, 0.4) is 0 Å². The lowest BCUT2D eigenvalue weighted by molar-refractivity contribution is 0.0911. The van der Waals surface area contributed by atoms with Gasteiger partial charge in [-0.1, -0.05) is 48.5 Å². The molecule has 4 rings (SSSR count). The smallest absolute Gasteiger partial charge is 0.410 e. The van der Waals surface area contributed by atoms with E-state index in [2.05, 4.69) is 9.97 Å². The van der Waals surface area contributed by atoms with E-state index in [1.54, 1.807) is 4.90 Å². The lowest BCUT2D eigenvalue weighted by atomic mass is 10.1. The van der Waals surface area contributed by atoms with Crippen molar-refractivity contribution < 1.29 is 9.53 Å². The zero-order valence-electron chi connectivity index (χ0n) is 15.9. The first kappa shape index (κ1) is 18.9. The van der Waals surface area contributed by atoms with Gasteiger partial charge in [-0.25, -0.2) is 9.78 Å². The summed E-state index contributed by atoms with van der Waals surface area (Å²) in [6, 6.07) is 17.1. The molecule has 3 N–H and O–H groups in total. The van der Waals surface area contributed by atoms with E-state index in [1.165, 1.54) is 0 Å². The Morgan fingerprint density at radius 3 is 2.72 bits per heavy atom. The van der Waals surface area contributed by atoms with Gasteiger partial charge in [-0.15, -0.1) is 0 Å². The van der Waals surface area contributed by atoms with Gasteiger partial charge >= 0.3 is 6.09 Å². The number of H-pyrrole nitrogens is 1. The number of amides is 1. The standard InChI is InChI=1S/C22H22N4O3/c23-12-16-7-4-8-17(11-16)20-24-19-13-26(10-9-18(19)21(27)25-20)22(28)29-14-15-5-2-1-3-6-15/h1-8,11H,9-10,12-14,23H2,(H,24,25,27). The number of carbonyl (C=O) groups is 1. The second-order valence-electron chi connectivity index (χ2n) is 6.96. The molecule has 0 radical (unpaired) electrons. The molecule has 2 aromatic carbocycles. The fourth-order valence-electron chi connectivity index (χ4n) is 3.39. The topological polar surface area (TPSA) is 101 Å². The fraction of sp³-hybridized carbons (Fsp3) is 0.227. The number of nitrogens with one attached hydrogen (secondary N) is 1. The average molecular weight is 390 g/mol. The molecular formula is C22H22N4O3. The molecule has 0 saturated carbocycles. The Kier molecular flexibility index (Phi) is 5.39. The average Bonchev–Trinajstić information content (AvgIpc) is 2.77. The van der Waals surface area contributed by atoms with E-state index in [4.69, 9.17) is 10.5 Å². The largest absolute Gasteiger partial charge is 0.445 e. The first-order valence-corrected chi connectivity index (χ1v) is 9.51. The van der Waals surface area contributed by atoms with Crippen molar-refractivity contribution >= 4 is 6.09 Å². The zero-order chi connectivity index (χ0) is 20.2. The normalized spacial score (nSPS) is 13.1. The Morgan fingerprint density at radius 2 is 1.93 bits per heavy atom. The maximum Gasteiger partial charge on any atom is 0.410 e. The molecule has 0 bridgehead atoms. The van der Waals surface area contributed by atoms with E-state index in [1.807, 2.05) is 54.6 Å². The number of hydrogen-bond acceptors (Lipinski definition) is 5. The van der Waals surface area contributed by atoms with Crippen LogP contribution in [-0.2, 0) is 30.9 Å². The van der Waals surface area contributed by atoms with Gasteiger partial charge in [0, 0.05) is 24.2 Å². The Morgan fingerprint density at radius 1 is 1.14 bits per heavy atom. The van der Waals surface area contributed by atoms with Gasteiger partial charge in [-0.2, -0.15) is 0 Å². The molecule has 7 nitrogen and oxygen atoms in total. The summed E-state index contributed by atoms with van der Waals surface area (Å²) >= 11 is 0. The van der Waals surface area contributed by atoms with E-state index in [0.29, 0.717) is 36.6 Å². The summed E-state index contributed by atoms with van der Waals surface area (Å²) in [5.41, 5.74) is 9.43. The number of hydrogen-bond donors (Lipinski definition) is 2. The van der Waals surface area contributed by atoms with Crippen LogP contribution in [0.5, 0.6) is 0 Å². The van der Waals surface area contributed by atoms with Gasteiger partial charge < -0.3 is 20.4 Å². The number of carbonyl (C=O) groups excluding carboxylic acids is 1. The molecule has 2 heterocycles. The maximum atomic E-state index is 12.5. The molecule has 0 atom stereocenters. The van der Waals surface area contributed by atoms with Crippen molar-refractivity contribution in [2.24, 2.45) is 5.73 Å². The Labute approximate surface area is 168 Å². The van der Waals surface area contributed by atoms with Crippen LogP contribution in [0.25, 0.3) is 11.4 Å². The summed E-state index contributed by atoms with van der Waals surface area (Å²) < 4.78 is 5.42. The molecule has 1 aliphatic rings. The van der Waals surface area contributed by atoms with Crippen molar-refractivity contribution in [3.63, 3.8) is 0 Å². The summed E-state index contributed by atoms with van der Waals surface area (Å²) in [4.78, 5) is 34.1. The molecule has 0 spiro atoms. The van der Waals surface area contributed by atoms with E-state index < -0.39 is 6.09 Å². The first-order chi connectivity index (χ1) is 14.1. The Hall–Kier alpha value is -3.45. The van der Waals surface area contributed by atoms with Crippen LogP contribution >= 0.6 is 0 Å². The van der Waals surface area contributed by atoms with Crippen LogP contribution in [-0.4, -0.2) is 27.5 Å². The van der Waals surface area contributed by atoms with Crippen molar-refractivity contribution in [1.29, 1.82) is 0 Å². The number of benzene rings is 2. The third kappa shape index (κ3) is 4.20. The Bertz CT molecular complexity index is 1080. The van der Waals surface area contributed by atoms with Gasteiger partial charge in [-0.05, 0) is 23.6 Å². The monoisotopic (exact) mass is 390 g/mol. The second kappa shape index (κ2) is 8.28. The van der Waals surface area contributed by atoms with Gasteiger partial charge in [0.25, 0.3) is 5.56 Å². The molecule has 1 aromatic heterocycles. The van der Waals surface area contributed by atoms with Crippen LogP contribution in [0.1, 0.15) is 22.4 Å². The van der Waals surface area contributed by atoms with Crippen LogP contribution in [0.4, 0.5) is 4.79 Å². The third-order valence-corrected chi connectivity index (χ3v) is 4.97. The van der Waals surface area contributed by atoms with E-state index >= 15 is 0 Å². The summed E-state index contributed by atoms with van der Waals surface area (Å²) in [6.07, 6.45) is 0.0366. The minimum atomic E-state index is -0.409. The van der Waals surface area contributed by atoms with Gasteiger partial charge in [0.2, 0.25) is 0 Å². The third-order valence-electron chi connectivity index (χ3n) is 4.97. The van der Waals surface area contributed by atoms with Crippen molar-refractivity contribution in [1.82, 2.24) is 14.9 Å². The fourth-order valence-corrected chi connectivity index (χ4v) is 3.39. The van der Waals surface area contributed by atoms with E-state index in [-0.39, 0.29) is 18.7 Å². The molecular weight excluding hydrogens is 368 g/mol. The lowest BCUT2D eigenvalue weighted by Gasteiger charge is -2.27. The van der Waals surface area contributed by atoms with Crippen LogP contribution in [0.15, 0.2) is 59.4 Å². The van der Waals surface area contributed by atoms with E-state index in [9.17, 15) is 9.59 Å². The number of aromatic nitrogens is 2. The maximum absolute atomic E-state index is 12.5. The minimum absolute atomic E-state index is 0.166. The lowest BCUT2D eigenvalue weighted by Crippen LogP contribution is -2.39. The first-order valence-electron chi connectivity index (χ1n) is 9.51. The predicted octanol–water partition coefficient (Wildman–Crippen LogP) is 2.59. The molecule has 0 fully saturated rings. The summed E-state index contributed by atoms with van der Waals surface area (Å²) in [5, 5.41) is 0. The van der Waals surface area contributed by atoms with Crippen molar-refractivity contribution in [3.8, 4) is 11.4 Å². The predicted molar refractivity (Wildman–Crippen MR) is 109 cm³/mol. The zero-order valence-corrected chi connectivity index (χ0v) is 15.9. The van der Waals surface area contributed by atoms with Crippen molar-refractivity contribution in [2.75, 3.05) is 6.54 Å². The highest BCUT2D eigenvalue weighted by Gasteiger charge is 2.25. The van der Waals surface area contributed by atoms with Crippen molar-refractivity contribution in [2.45, 2.75) is 26.1 Å². The minimum Gasteiger partial charge on any atom is -0.445 e. The van der Waals surface area contributed by atoms with Gasteiger partial charge in [-0.3, -0.25) is 4.79 Å². The summed E-state index contributed by atoms with van der Waals surface area (Å²) in [5.74, 6) is 0.476. The molecule has 0 unspecified atom stereocenters. The highest BCUT2D eigenvalue weighted by Crippen LogP contribution is 2.20. The van der Waals surface area contributed by atoms with Crippen LogP contribution in [0, 0.1) is 0 Å². The number of ether oxygens (including phenoxy) is 1. The number of fused-ring (bicyclic) bond motifs is 1. The van der Waals surface area contributed by atoms with Crippen LogP contribution in [0.2, 0.25) is 0 Å². The number of nitrogens with two attached hydrogens (primary N) is 1. The number of rotatable bonds is 4. The summed E-state index contributed by atoms with van der Waals surface area (Å²) in [7, 11) is 0. The molecule has 1 amide bonds. The SMILES string of the molecule is NCc1cccc(-c2nc3c(c(=O)[nH]2)CCN(C(=O)OCc2ccccc2)C3)c1. The highest BCUT2D eigenvalue weighted by atomic mass is 16.6. The van der Waals surface area contributed by atoms with E-state index in [0.717, 1.165) is 16.7 Å². The Balaban J connectivity index is 1.52. The number of aromatic amines is 1. The quantitative estimate of drug-likeness (QED) is 0.713. The number of nitrogens with zero attached hydrogens (tertiary/aromatic N) is 2. The highest BCUT2D eigenvalue weighted by molar-refractivity contribution is 5.68. The molecule has 7 heteroatoms. The molecule has 0 saturated heterocycles. The molecule has 148 valence electrons. The molecule has 3 aromatic rings.